The van der Waals surface area contributed by atoms with E-state index in [4.69, 9.17) is 5.73 Å². The molecule has 3 rings (SSSR count). The Morgan fingerprint density at radius 2 is 1.10 bits per heavy atom. The van der Waals surface area contributed by atoms with Crippen molar-refractivity contribution < 1.29 is 9.59 Å². The van der Waals surface area contributed by atoms with E-state index in [0.29, 0.717) is 19.4 Å². The quantitative estimate of drug-likeness (QED) is 0.488. The predicted molar refractivity (Wildman–Crippen MR) is 118 cm³/mol. The van der Waals surface area contributed by atoms with Crippen LogP contribution < -0.4 is 16.4 Å². The fourth-order valence-electron chi connectivity index (χ4n) is 3.29. The van der Waals surface area contributed by atoms with Crippen LogP contribution in [0.3, 0.4) is 0 Å². The van der Waals surface area contributed by atoms with Gasteiger partial charge in [0.2, 0.25) is 11.8 Å². The summed E-state index contributed by atoms with van der Waals surface area (Å²) < 4.78 is 0. The van der Waals surface area contributed by atoms with Gasteiger partial charge in [0.15, 0.2) is 0 Å². The molecule has 2 amide bonds. The van der Waals surface area contributed by atoms with Gasteiger partial charge in [-0.2, -0.15) is 0 Å². The molecule has 0 saturated carbocycles. The van der Waals surface area contributed by atoms with Crippen molar-refractivity contribution in [3.8, 4) is 0 Å². The average Bonchev–Trinajstić information content (AvgIpc) is 2.78. The van der Waals surface area contributed by atoms with E-state index in [1.165, 1.54) is 0 Å². The summed E-state index contributed by atoms with van der Waals surface area (Å²) >= 11 is 0. The highest BCUT2D eigenvalue weighted by atomic mass is 16.2. The molecule has 0 heterocycles. The number of rotatable bonds is 10. The van der Waals surface area contributed by atoms with Gasteiger partial charge in [-0.05, 0) is 23.1 Å². The molecule has 2 atom stereocenters. The van der Waals surface area contributed by atoms with E-state index >= 15 is 0 Å². The molecule has 0 aromatic heterocycles. The number of primary amides is 1. The van der Waals surface area contributed by atoms with E-state index in [1.54, 1.807) is 0 Å². The average molecular weight is 402 g/mol. The van der Waals surface area contributed by atoms with Crippen LogP contribution in [-0.4, -0.2) is 23.9 Å². The minimum atomic E-state index is -0.767. The first-order valence-electron chi connectivity index (χ1n) is 10.1. The van der Waals surface area contributed by atoms with E-state index in [9.17, 15) is 9.59 Å². The number of carbonyl (C=O) groups is 2. The second kappa shape index (κ2) is 10.9. The van der Waals surface area contributed by atoms with Crippen LogP contribution >= 0.6 is 0 Å². The molecule has 5 heteroatoms. The predicted octanol–water partition coefficient (Wildman–Crippen LogP) is 2.60. The summed E-state index contributed by atoms with van der Waals surface area (Å²) in [5.74, 6) is -0.789. The van der Waals surface area contributed by atoms with Crippen molar-refractivity contribution in [1.82, 2.24) is 10.6 Å². The number of amides is 2. The van der Waals surface area contributed by atoms with Crippen LogP contribution in [0, 0.1) is 0 Å². The SMILES string of the molecule is NC(=O)[C@H](Cc1ccccc1)NC(=O)[C@H](Cc1ccccc1)NCc1ccccc1. The van der Waals surface area contributed by atoms with Crippen molar-refractivity contribution >= 4 is 11.8 Å². The molecule has 0 saturated heterocycles. The number of benzene rings is 3. The van der Waals surface area contributed by atoms with Gasteiger partial charge in [-0.25, -0.2) is 0 Å². The number of hydrogen-bond acceptors (Lipinski definition) is 3. The summed E-state index contributed by atoms with van der Waals surface area (Å²) in [4.78, 5) is 25.1. The van der Waals surface area contributed by atoms with E-state index < -0.39 is 18.0 Å². The van der Waals surface area contributed by atoms with Crippen molar-refractivity contribution in [2.24, 2.45) is 5.73 Å². The van der Waals surface area contributed by atoms with Crippen molar-refractivity contribution in [2.75, 3.05) is 0 Å². The Bertz CT molecular complexity index is 930. The van der Waals surface area contributed by atoms with Crippen molar-refractivity contribution in [3.63, 3.8) is 0 Å². The normalized spacial score (nSPS) is 12.7. The van der Waals surface area contributed by atoms with Gasteiger partial charge in [-0.3, -0.25) is 9.59 Å². The summed E-state index contributed by atoms with van der Waals surface area (Å²) in [7, 11) is 0. The van der Waals surface area contributed by atoms with Gasteiger partial charge >= 0.3 is 0 Å². The van der Waals surface area contributed by atoms with Crippen molar-refractivity contribution in [1.29, 1.82) is 0 Å². The molecule has 0 bridgehead atoms. The topological polar surface area (TPSA) is 84.2 Å². The monoisotopic (exact) mass is 401 g/mol. The zero-order valence-corrected chi connectivity index (χ0v) is 16.8. The van der Waals surface area contributed by atoms with Crippen LogP contribution in [0.1, 0.15) is 16.7 Å². The Morgan fingerprint density at radius 1 is 0.667 bits per heavy atom. The third-order valence-electron chi connectivity index (χ3n) is 4.94. The fraction of sp³-hybridized carbons (Fsp3) is 0.200. The minimum Gasteiger partial charge on any atom is -0.368 e. The Kier molecular flexibility index (Phi) is 7.75. The lowest BCUT2D eigenvalue weighted by atomic mass is 10.0. The first-order chi connectivity index (χ1) is 14.6. The highest BCUT2D eigenvalue weighted by molar-refractivity contribution is 5.89. The molecule has 0 radical (unpaired) electrons. The number of nitrogens with one attached hydrogen (secondary N) is 2. The van der Waals surface area contributed by atoms with Crippen molar-refractivity contribution in [3.05, 3.63) is 108 Å². The van der Waals surface area contributed by atoms with Gasteiger partial charge in [-0.1, -0.05) is 91.0 Å². The summed E-state index contributed by atoms with van der Waals surface area (Å²) in [5.41, 5.74) is 8.64. The summed E-state index contributed by atoms with van der Waals surface area (Å²) in [6.45, 7) is 0.547. The molecule has 0 unspecified atom stereocenters. The first-order valence-corrected chi connectivity index (χ1v) is 10.1. The smallest absolute Gasteiger partial charge is 0.240 e. The van der Waals surface area contributed by atoms with E-state index in [1.807, 2.05) is 91.0 Å². The zero-order valence-electron chi connectivity index (χ0n) is 16.8. The highest BCUT2D eigenvalue weighted by Gasteiger charge is 2.24. The molecule has 154 valence electrons. The zero-order chi connectivity index (χ0) is 21.2. The largest absolute Gasteiger partial charge is 0.368 e. The van der Waals surface area contributed by atoms with Gasteiger partial charge in [0.25, 0.3) is 0 Å². The maximum Gasteiger partial charge on any atom is 0.240 e. The van der Waals surface area contributed by atoms with Gasteiger partial charge in [0, 0.05) is 13.0 Å². The molecular weight excluding hydrogens is 374 g/mol. The van der Waals surface area contributed by atoms with Gasteiger partial charge < -0.3 is 16.4 Å². The number of hydrogen-bond donors (Lipinski definition) is 3. The number of nitrogens with two attached hydrogens (primary N) is 1. The first kappa shape index (κ1) is 21.3. The van der Waals surface area contributed by atoms with Crippen LogP contribution in [0.5, 0.6) is 0 Å². The molecule has 3 aromatic rings. The second-order valence-corrected chi connectivity index (χ2v) is 7.26. The van der Waals surface area contributed by atoms with Crippen LogP contribution in [0.2, 0.25) is 0 Å². The summed E-state index contributed by atoms with van der Waals surface area (Å²) in [5, 5.41) is 6.17. The maximum absolute atomic E-state index is 13.1. The second-order valence-electron chi connectivity index (χ2n) is 7.26. The molecule has 3 aromatic carbocycles. The third-order valence-corrected chi connectivity index (χ3v) is 4.94. The lowest BCUT2D eigenvalue weighted by Crippen LogP contribution is -2.53. The van der Waals surface area contributed by atoms with Crippen LogP contribution in [0.15, 0.2) is 91.0 Å². The number of carbonyl (C=O) groups excluding carboxylic acids is 2. The molecule has 4 N–H and O–H groups in total. The lowest BCUT2D eigenvalue weighted by molar-refractivity contribution is -0.128. The molecule has 0 aliphatic carbocycles. The van der Waals surface area contributed by atoms with E-state index in [-0.39, 0.29) is 5.91 Å². The molecule has 0 fully saturated rings. The van der Waals surface area contributed by atoms with Crippen LogP contribution in [0.4, 0.5) is 0 Å². The van der Waals surface area contributed by atoms with E-state index in [2.05, 4.69) is 10.6 Å². The Morgan fingerprint density at radius 3 is 1.57 bits per heavy atom. The molecule has 30 heavy (non-hydrogen) atoms. The van der Waals surface area contributed by atoms with Crippen molar-refractivity contribution in [2.45, 2.75) is 31.5 Å². The Labute approximate surface area is 177 Å². The minimum absolute atomic E-state index is 0.241. The highest BCUT2D eigenvalue weighted by Crippen LogP contribution is 2.08. The van der Waals surface area contributed by atoms with Gasteiger partial charge in [0.05, 0.1) is 6.04 Å². The standard InChI is InChI=1S/C25H27N3O2/c26-24(29)22(16-19-10-4-1-5-11-19)28-25(30)23(17-20-12-6-2-7-13-20)27-18-21-14-8-3-9-15-21/h1-15,22-23,27H,16-18H2,(H2,26,29)(H,28,30)/t22-,23-/m0/s1. The molecular formula is C25H27N3O2. The Hall–Kier alpha value is -3.44. The lowest BCUT2D eigenvalue weighted by Gasteiger charge is -2.22. The molecule has 0 aliphatic rings. The van der Waals surface area contributed by atoms with Crippen LogP contribution in [-0.2, 0) is 29.0 Å². The van der Waals surface area contributed by atoms with E-state index in [0.717, 1.165) is 16.7 Å². The summed E-state index contributed by atoms with van der Waals surface area (Å²) in [6.07, 6.45) is 0.870. The van der Waals surface area contributed by atoms with Gasteiger partial charge in [0.1, 0.15) is 6.04 Å². The van der Waals surface area contributed by atoms with Crippen LogP contribution in [0.25, 0.3) is 0 Å². The van der Waals surface area contributed by atoms with Gasteiger partial charge in [-0.15, -0.1) is 0 Å². The molecule has 5 nitrogen and oxygen atoms in total. The molecule has 0 spiro atoms. The maximum atomic E-state index is 13.1. The Balaban J connectivity index is 1.71. The molecule has 0 aliphatic heterocycles. The fourth-order valence-corrected chi connectivity index (χ4v) is 3.29. The summed E-state index contributed by atoms with van der Waals surface area (Å²) in [6, 6.07) is 28.0. The third kappa shape index (κ3) is 6.57.